The third-order valence-electron chi connectivity index (χ3n) is 10.1. The van der Waals surface area contributed by atoms with Crippen molar-refractivity contribution in [3.05, 3.63) is 12.2 Å². The van der Waals surface area contributed by atoms with Gasteiger partial charge in [-0.05, 0) is 53.8 Å². The van der Waals surface area contributed by atoms with Gasteiger partial charge >= 0.3 is 0 Å². The quantitative estimate of drug-likeness (QED) is 0.574. The molecule has 0 amide bonds. The number of hydrogen-bond acceptors (Lipinski definition) is 4. The zero-order chi connectivity index (χ0) is 16.4. The highest BCUT2D eigenvalue weighted by molar-refractivity contribution is 5.43. The van der Waals surface area contributed by atoms with Gasteiger partial charge in [0.25, 0.3) is 0 Å². The standard InChI is InChI=1S/C20H27NO3/c1-8-3-19-6-10-15-18(2)4-9(22)5-20(15)16(19)14(24)11(8)13(23)12(19)17(20)21(10)7-18/h9-17,22-24H,1,3-7H2,2H3/t9-,10-,11-,12+,13+,14+,15+,16-,17+,18-,19-,20+/m0/s1. The van der Waals surface area contributed by atoms with E-state index < -0.39 is 12.2 Å². The number of fused-ring (bicyclic) bond motifs is 1. The fourth-order valence-corrected chi connectivity index (χ4v) is 10.7. The second-order valence-corrected chi connectivity index (χ2v) is 10.8. The second kappa shape index (κ2) is 3.40. The van der Waals surface area contributed by atoms with Crippen LogP contribution >= 0.6 is 0 Å². The van der Waals surface area contributed by atoms with Crippen LogP contribution in [-0.2, 0) is 0 Å². The van der Waals surface area contributed by atoms with Gasteiger partial charge in [0.2, 0.25) is 0 Å². The number of aliphatic hydroxyl groups is 3. The summed E-state index contributed by atoms with van der Waals surface area (Å²) in [5.74, 6) is 1.02. The van der Waals surface area contributed by atoms with E-state index in [1.54, 1.807) is 0 Å². The Kier molecular flexibility index (Phi) is 1.95. The lowest BCUT2D eigenvalue weighted by molar-refractivity contribution is -0.213. The third kappa shape index (κ3) is 0.980. The van der Waals surface area contributed by atoms with Crippen molar-refractivity contribution in [2.45, 2.75) is 63.0 Å². The molecule has 3 heterocycles. The van der Waals surface area contributed by atoms with E-state index >= 15 is 0 Å². The first-order valence-corrected chi connectivity index (χ1v) is 9.83. The maximum absolute atomic E-state index is 11.3. The van der Waals surface area contributed by atoms with Crippen molar-refractivity contribution < 1.29 is 15.3 Å². The molecule has 1 unspecified atom stereocenters. The maximum Gasteiger partial charge on any atom is 0.0679 e. The van der Waals surface area contributed by atoms with Crippen molar-refractivity contribution in [2.75, 3.05) is 6.54 Å². The van der Waals surface area contributed by atoms with Gasteiger partial charge in [0, 0.05) is 30.5 Å². The molecule has 13 atom stereocenters. The molecule has 9 aliphatic rings. The Morgan fingerprint density at radius 2 is 1.88 bits per heavy atom. The van der Waals surface area contributed by atoms with E-state index in [2.05, 4.69) is 18.4 Å². The van der Waals surface area contributed by atoms with Gasteiger partial charge in [0.15, 0.2) is 0 Å². The van der Waals surface area contributed by atoms with Crippen LogP contribution in [0.2, 0.25) is 0 Å². The van der Waals surface area contributed by atoms with E-state index in [4.69, 9.17) is 0 Å². The van der Waals surface area contributed by atoms with E-state index in [0.717, 1.165) is 37.8 Å². The first-order chi connectivity index (χ1) is 11.4. The first-order valence-electron chi connectivity index (χ1n) is 9.83. The zero-order valence-corrected chi connectivity index (χ0v) is 14.2. The summed E-state index contributed by atoms with van der Waals surface area (Å²) in [5, 5.41) is 33.3. The van der Waals surface area contributed by atoms with Crippen molar-refractivity contribution in [1.82, 2.24) is 4.90 Å². The van der Waals surface area contributed by atoms with Gasteiger partial charge in [0.1, 0.15) is 0 Å². The number of rotatable bonds is 0. The number of piperidine rings is 2. The summed E-state index contributed by atoms with van der Waals surface area (Å²) < 4.78 is 0. The summed E-state index contributed by atoms with van der Waals surface area (Å²) in [5.41, 5.74) is 1.37. The van der Waals surface area contributed by atoms with Crippen molar-refractivity contribution in [3.63, 3.8) is 0 Å². The van der Waals surface area contributed by atoms with Gasteiger partial charge in [-0.1, -0.05) is 19.1 Å². The molecule has 4 heteroatoms. The van der Waals surface area contributed by atoms with Crippen LogP contribution in [0.4, 0.5) is 0 Å². The molecule has 3 aliphatic heterocycles. The van der Waals surface area contributed by atoms with Crippen LogP contribution in [0.3, 0.4) is 0 Å². The smallest absolute Gasteiger partial charge is 0.0679 e. The molecule has 6 saturated carbocycles. The number of nitrogens with zero attached hydrogens (tertiary/aromatic N) is 1. The predicted molar refractivity (Wildman–Crippen MR) is 86.8 cm³/mol. The highest BCUT2D eigenvalue weighted by Crippen LogP contribution is 2.86. The summed E-state index contributed by atoms with van der Waals surface area (Å²) in [6, 6.07) is 0.999. The highest BCUT2D eigenvalue weighted by Gasteiger charge is 2.90. The molecule has 9 rings (SSSR count). The minimum atomic E-state index is -0.460. The maximum atomic E-state index is 11.3. The van der Waals surface area contributed by atoms with Crippen LogP contribution in [0, 0.1) is 39.9 Å². The molecule has 130 valence electrons. The van der Waals surface area contributed by atoms with Crippen LogP contribution in [0.5, 0.6) is 0 Å². The van der Waals surface area contributed by atoms with E-state index in [9.17, 15) is 15.3 Å². The van der Waals surface area contributed by atoms with Crippen molar-refractivity contribution >= 4 is 0 Å². The SMILES string of the molecule is C=C1C[C@]23C[C@H]4[C@@H]5[C@@]6(C)C[C@H](O)C[C@@]57[C@@H]([C@H]2[C@H](O)[C@H]1[C@@H](O)[C@@H]37)N4C6. The normalized spacial score (nSPS) is 76.1. The topological polar surface area (TPSA) is 63.9 Å². The molecular weight excluding hydrogens is 302 g/mol. The molecule has 0 aromatic carbocycles. The van der Waals surface area contributed by atoms with Crippen LogP contribution in [0.25, 0.3) is 0 Å². The lowest BCUT2D eigenvalue weighted by atomic mass is 9.39. The minimum Gasteiger partial charge on any atom is -0.393 e. The van der Waals surface area contributed by atoms with Crippen LogP contribution in [0.1, 0.15) is 32.6 Å². The molecule has 3 N–H and O–H groups in total. The largest absolute Gasteiger partial charge is 0.393 e. The van der Waals surface area contributed by atoms with E-state index in [-0.39, 0.29) is 40.1 Å². The summed E-state index contributed by atoms with van der Waals surface area (Å²) in [7, 11) is 0. The Morgan fingerprint density at radius 1 is 1.08 bits per heavy atom. The fourth-order valence-electron chi connectivity index (χ4n) is 10.7. The van der Waals surface area contributed by atoms with Crippen LogP contribution < -0.4 is 0 Å². The molecule has 6 aliphatic carbocycles. The van der Waals surface area contributed by atoms with Crippen molar-refractivity contribution in [1.29, 1.82) is 0 Å². The van der Waals surface area contributed by atoms with Gasteiger partial charge in [-0.25, -0.2) is 0 Å². The highest BCUT2D eigenvalue weighted by atomic mass is 16.3. The van der Waals surface area contributed by atoms with Crippen LogP contribution in [0.15, 0.2) is 12.2 Å². The Labute approximate surface area is 142 Å². The van der Waals surface area contributed by atoms with Gasteiger partial charge in [-0.3, -0.25) is 4.90 Å². The van der Waals surface area contributed by atoms with Crippen LogP contribution in [-0.4, -0.2) is 57.2 Å². The van der Waals surface area contributed by atoms with Crippen molar-refractivity contribution in [2.24, 2.45) is 39.9 Å². The van der Waals surface area contributed by atoms with E-state index in [1.165, 1.54) is 0 Å². The second-order valence-electron chi connectivity index (χ2n) is 10.8. The Bertz CT molecular complexity index is 709. The number of hydrogen-bond donors (Lipinski definition) is 3. The fraction of sp³-hybridized carbons (Fsp3) is 0.900. The monoisotopic (exact) mass is 329 g/mol. The molecule has 9 fully saturated rings. The number of aliphatic hydroxyl groups excluding tert-OH is 3. The third-order valence-corrected chi connectivity index (χ3v) is 10.1. The molecule has 24 heavy (non-hydrogen) atoms. The summed E-state index contributed by atoms with van der Waals surface area (Å²) in [6.45, 7) is 7.72. The lowest BCUT2D eigenvalue weighted by Gasteiger charge is -2.65. The molecule has 0 radical (unpaired) electrons. The Balaban J connectivity index is 1.54. The molecule has 0 aromatic heterocycles. The Hall–Kier alpha value is -0.420. The van der Waals surface area contributed by atoms with Gasteiger partial charge < -0.3 is 15.3 Å². The molecule has 2 spiro atoms. The Morgan fingerprint density at radius 3 is 2.67 bits per heavy atom. The predicted octanol–water partition coefficient (Wildman–Crippen LogP) is 0.764. The van der Waals surface area contributed by atoms with E-state index in [0.29, 0.717) is 18.0 Å². The molecule has 0 aromatic rings. The molecule has 9 bridgehead atoms. The lowest BCUT2D eigenvalue weighted by Crippen LogP contribution is -2.67. The van der Waals surface area contributed by atoms with E-state index in [1.807, 2.05) is 0 Å². The van der Waals surface area contributed by atoms with Crippen molar-refractivity contribution in [3.8, 4) is 0 Å². The molecule has 3 saturated heterocycles. The molecular formula is C20H27NO3. The first kappa shape index (κ1) is 13.7. The van der Waals surface area contributed by atoms with Gasteiger partial charge in [-0.15, -0.1) is 0 Å². The van der Waals surface area contributed by atoms with Gasteiger partial charge in [0.05, 0.1) is 18.3 Å². The average molecular weight is 329 g/mol. The molecule has 4 nitrogen and oxygen atoms in total. The summed E-state index contributed by atoms with van der Waals surface area (Å²) in [6.07, 6.45) is 2.76. The average Bonchev–Trinajstić information content (AvgIpc) is 2.88. The zero-order valence-electron chi connectivity index (χ0n) is 14.2. The van der Waals surface area contributed by atoms with Gasteiger partial charge in [-0.2, -0.15) is 0 Å². The summed E-state index contributed by atoms with van der Waals surface area (Å²) >= 11 is 0. The summed E-state index contributed by atoms with van der Waals surface area (Å²) in [4.78, 5) is 2.73. The minimum absolute atomic E-state index is 0.0358.